The molecule has 1 saturated carbocycles. The van der Waals surface area contributed by atoms with Crippen molar-refractivity contribution in [1.82, 2.24) is 9.80 Å². The normalized spacial score (nSPS) is 31.1. The first-order valence-corrected chi connectivity index (χ1v) is 10.7. The Balaban J connectivity index is 1.61. The highest BCUT2D eigenvalue weighted by atomic mass is 16.5. The predicted molar refractivity (Wildman–Crippen MR) is 110 cm³/mol. The molecule has 29 heavy (non-hydrogen) atoms. The number of benzene rings is 1. The van der Waals surface area contributed by atoms with Gasteiger partial charge in [-0.25, -0.2) is 0 Å². The van der Waals surface area contributed by atoms with Gasteiger partial charge in [-0.2, -0.15) is 0 Å². The molecule has 1 aliphatic heterocycles. The van der Waals surface area contributed by atoms with E-state index in [4.69, 9.17) is 4.74 Å². The van der Waals surface area contributed by atoms with E-state index >= 15 is 0 Å². The van der Waals surface area contributed by atoms with Gasteiger partial charge in [-0.15, -0.1) is 0 Å². The molecule has 0 radical (unpaired) electrons. The summed E-state index contributed by atoms with van der Waals surface area (Å²) in [5, 5.41) is 10.1. The van der Waals surface area contributed by atoms with E-state index in [1.165, 1.54) is 0 Å². The molecular formula is C23H32N2O4. The zero-order chi connectivity index (χ0) is 20.8. The Hall–Kier alpha value is -2.08. The van der Waals surface area contributed by atoms with Gasteiger partial charge >= 0.3 is 0 Å². The molecule has 158 valence electrons. The number of hydrogen-bond acceptors (Lipinski definition) is 4. The molecule has 3 aliphatic rings. The predicted octanol–water partition coefficient (Wildman–Crippen LogP) is 2.47. The molecule has 0 spiro atoms. The summed E-state index contributed by atoms with van der Waals surface area (Å²) in [6, 6.07) is 5.41. The van der Waals surface area contributed by atoms with Crippen LogP contribution in [0.25, 0.3) is 0 Å². The highest BCUT2D eigenvalue weighted by Crippen LogP contribution is 2.47. The molecule has 1 heterocycles. The maximum atomic E-state index is 13.4. The summed E-state index contributed by atoms with van der Waals surface area (Å²) in [7, 11) is 5.32. The summed E-state index contributed by atoms with van der Waals surface area (Å²) in [6.07, 6.45) is 5.92. The monoisotopic (exact) mass is 400 g/mol. The lowest BCUT2D eigenvalue weighted by Gasteiger charge is -2.51. The van der Waals surface area contributed by atoms with Gasteiger partial charge in [0.15, 0.2) is 0 Å². The number of likely N-dealkylation sites (tertiary alicyclic amines) is 1. The molecule has 4 rings (SSSR count). The summed E-state index contributed by atoms with van der Waals surface area (Å²) < 4.78 is 5.45. The van der Waals surface area contributed by atoms with E-state index in [0.717, 1.165) is 43.2 Å². The number of carbonyl (C=O) groups is 2. The number of nitrogens with zero attached hydrogens (tertiary/aromatic N) is 2. The first-order valence-electron chi connectivity index (χ1n) is 10.7. The third-order valence-electron chi connectivity index (χ3n) is 7.32. The van der Waals surface area contributed by atoms with Gasteiger partial charge in [0.05, 0.1) is 11.5 Å². The van der Waals surface area contributed by atoms with Gasteiger partial charge < -0.3 is 19.6 Å². The third kappa shape index (κ3) is 3.41. The number of likely N-dealkylation sites (N-methyl/N-ethyl adjacent to an activating group) is 1. The van der Waals surface area contributed by atoms with E-state index in [-0.39, 0.29) is 35.6 Å². The van der Waals surface area contributed by atoms with E-state index in [2.05, 4.69) is 4.90 Å². The van der Waals surface area contributed by atoms with E-state index in [1.54, 1.807) is 38.2 Å². The molecule has 2 unspecified atom stereocenters. The average Bonchev–Trinajstić information content (AvgIpc) is 2.73. The van der Waals surface area contributed by atoms with E-state index in [0.29, 0.717) is 19.4 Å². The van der Waals surface area contributed by atoms with Crippen molar-refractivity contribution in [2.75, 3.05) is 27.7 Å². The van der Waals surface area contributed by atoms with Crippen LogP contribution in [0.5, 0.6) is 5.75 Å². The second-order valence-electron chi connectivity index (χ2n) is 9.18. The molecule has 0 aromatic heterocycles. The van der Waals surface area contributed by atoms with Crippen LogP contribution in [-0.2, 0) is 26.2 Å². The third-order valence-corrected chi connectivity index (χ3v) is 7.32. The fourth-order valence-corrected chi connectivity index (χ4v) is 5.78. The number of aromatic hydroxyl groups is 1. The fraction of sp³-hybridized carbons (Fsp3) is 0.652. The van der Waals surface area contributed by atoms with Crippen LogP contribution in [0.3, 0.4) is 0 Å². The lowest BCUT2D eigenvalue weighted by atomic mass is 9.62. The smallest absolute Gasteiger partial charge is 0.232 e. The molecule has 2 bridgehead atoms. The Kier molecular flexibility index (Phi) is 5.32. The Labute approximate surface area is 172 Å². The second kappa shape index (κ2) is 7.63. The number of methoxy groups -OCH3 is 1. The number of phenolic OH excluding ortho intramolecular Hbond substituents is 1. The van der Waals surface area contributed by atoms with Crippen molar-refractivity contribution < 1.29 is 19.4 Å². The van der Waals surface area contributed by atoms with Gasteiger partial charge in [0.2, 0.25) is 11.8 Å². The number of rotatable bonds is 3. The summed E-state index contributed by atoms with van der Waals surface area (Å²) in [4.78, 5) is 30.4. The maximum absolute atomic E-state index is 13.4. The van der Waals surface area contributed by atoms with Gasteiger partial charge in [0, 0.05) is 39.7 Å². The van der Waals surface area contributed by atoms with Crippen molar-refractivity contribution in [1.29, 1.82) is 0 Å². The molecule has 6 heteroatoms. The van der Waals surface area contributed by atoms with Gasteiger partial charge in [0.1, 0.15) is 5.75 Å². The topological polar surface area (TPSA) is 70.1 Å². The van der Waals surface area contributed by atoms with Gasteiger partial charge in [-0.1, -0.05) is 6.07 Å². The standard InChI is InChI=1S/C23H32N2O4/c1-24(2)22(28)23-10-11-25(21(27)15-5-8-19(29-3)9-6-15)17(14-23)12-16-4-7-18(26)13-20(16)23/h4,7,13,15,17,19,26H,5-6,8-12,14H2,1-3H3. The zero-order valence-electron chi connectivity index (χ0n) is 17.7. The molecule has 1 aromatic rings. The zero-order valence-corrected chi connectivity index (χ0v) is 17.7. The van der Waals surface area contributed by atoms with Crippen LogP contribution in [0.15, 0.2) is 18.2 Å². The quantitative estimate of drug-likeness (QED) is 0.846. The van der Waals surface area contributed by atoms with Crippen LogP contribution in [-0.4, -0.2) is 66.6 Å². The Morgan fingerprint density at radius 1 is 1.21 bits per heavy atom. The molecule has 1 saturated heterocycles. The highest BCUT2D eigenvalue weighted by Gasteiger charge is 2.52. The van der Waals surface area contributed by atoms with Crippen LogP contribution in [0.1, 0.15) is 49.7 Å². The van der Waals surface area contributed by atoms with Crippen molar-refractivity contribution in [2.24, 2.45) is 5.92 Å². The van der Waals surface area contributed by atoms with E-state index in [9.17, 15) is 14.7 Å². The van der Waals surface area contributed by atoms with E-state index in [1.807, 2.05) is 6.07 Å². The largest absolute Gasteiger partial charge is 0.508 e. The molecule has 2 atom stereocenters. The van der Waals surface area contributed by atoms with Gasteiger partial charge in [0.25, 0.3) is 0 Å². The summed E-state index contributed by atoms with van der Waals surface area (Å²) in [6.45, 7) is 0.600. The number of phenols is 1. The second-order valence-corrected chi connectivity index (χ2v) is 9.18. The van der Waals surface area contributed by atoms with Crippen molar-refractivity contribution in [3.8, 4) is 5.75 Å². The van der Waals surface area contributed by atoms with Crippen LogP contribution >= 0.6 is 0 Å². The molecular weight excluding hydrogens is 368 g/mol. The number of ether oxygens (including phenoxy) is 1. The van der Waals surface area contributed by atoms with Crippen molar-refractivity contribution in [3.63, 3.8) is 0 Å². The number of carbonyl (C=O) groups excluding carboxylic acids is 2. The summed E-state index contributed by atoms with van der Waals surface area (Å²) >= 11 is 0. The van der Waals surface area contributed by atoms with Crippen LogP contribution in [0, 0.1) is 5.92 Å². The number of fused-ring (bicyclic) bond motifs is 4. The fourth-order valence-electron chi connectivity index (χ4n) is 5.78. The summed E-state index contributed by atoms with van der Waals surface area (Å²) in [5.74, 6) is 0.584. The van der Waals surface area contributed by atoms with Gasteiger partial charge in [-0.05, 0) is 68.2 Å². The Morgan fingerprint density at radius 2 is 1.93 bits per heavy atom. The van der Waals surface area contributed by atoms with Gasteiger partial charge in [-0.3, -0.25) is 9.59 Å². The molecule has 2 amide bonds. The first kappa shape index (κ1) is 20.2. The molecule has 6 nitrogen and oxygen atoms in total. The lowest BCUT2D eigenvalue weighted by molar-refractivity contribution is -0.148. The molecule has 1 N–H and O–H groups in total. The summed E-state index contributed by atoms with van der Waals surface area (Å²) in [5.41, 5.74) is 1.38. The van der Waals surface area contributed by atoms with Crippen LogP contribution in [0.4, 0.5) is 0 Å². The van der Waals surface area contributed by atoms with Crippen LogP contribution in [0.2, 0.25) is 0 Å². The first-order chi connectivity index (χ1) is 13.9. The average molecular weight is 401 g/mol. The minimum Gasteiger partial charge on any atom is -0.508 e. The lowest BCUT2D eigenvalue weighted by Crippen LogP contribution is -2.60. The van der Waals surface area contributed by atoms with Crippen molar-refractivity contribution in [3.05, 3.63) is 29.3 Å². The number of hydrogen-bond donors (Lipinski definition) is 1. The minimum atomic E-state index is -0.648. The molecule has 2 aliphatic carbocycles. The van der Waals surface area contributed by atoms with Crippen molar-refractivity contribution >= 4 is 11.8 Å². The van der Waals surface area contributed by atoms with Crippen molar-refractivity contribution in [2.45, 2.75) is 62.5 Å². The number of amides is 2. The Morgan fingerprint density at radius 3 is 2.59 bits per heavy atom. The SMILES string of the molecule is COC1CCC(C(=O)N2CCC3(C(=O)N(C)C)CC2Cc2ccc(O)cc23)CC1. The minimum absolute atomic E-state index is 0.0392. The molecule has 1 aromatic carbocycles. The van der Waals surface area contributed by atoms with E-state index < -0.39 is 5.41 Å². The number of piperidine rings is 1. The van der Waals surface area contributed by atoms with Crippen LogP contribution < -0.4 is 0 Å². The highest BCUT2D eigenvalue weighted by molar-refractivity contribution is 5.90. The Bertz CT molecular complexity index is 800. The maximum Gasteiger partial charge on any atom is 0.232 e. The molecule has 2 fully saturated rings.